The van der Waals surface area contributed by atoms with E-state index >= 15 is 0 Å². The molecule has 0 aromatic heterocycles. The molecule has 2 heteroatoms. The molecule has 12 heavy (non-hydrogen) atoms. The lowest BCUT2D eigenvalue weighted by atomic mass is 10.0. The summed E-state index contributed by atoms with van der Waals surface area (Å²) in [7, 11) is 0. The van der Waals surface area contributed by atoms with Crippen molar-refractivity contribution in [3.63, 3.8) is 0 Å². The Morgan fingerprint density at radius 3 is 2.50 bits per heavy atom. The zero-order valence-electron chi connectivity index (χ0n) is 8.46. The third-order valence-electron chi connectivity index (χ3n) is 2.12. The molecule has 0 N–H and O–H groups in total. The Morgan fingerprint density at radius 2 is 2.00 bits per heavy atom. The van der Waals surface area contributed by atoms with Crippen LogP contribution in [0.15, 0.2) is 0 Å². The summed E-state index contributed by atoms with van der Waals surface area (Å²) in [5, 5.41) is 0. The summed E-state index contributed by atoms with van der Waals surface area (Å²) in [5.41, 5.74) is 0. The largest absolute Gasteiger partial charge is 0.373 e. The number of rotatable bonds is 2. The summed E-state index contributed by atoms with van der Waals surface area (Å²) >= 11 is 0. The lowest BCUT2D eigenvalue weighted by molar-refractivity contribution is -0.168. The average molecular weight is 171 g/mol. The van der Waals surface area contributed by atoms with Crippen molar-refractivity contribution in [3.8, 4) is 0 Å². The van der Waals surface area contributed by atoms with Crippen LogP contribution in [0, 0.1) is 5.92 Å². The van der Waals surface area contributed by atoms with Crippen molar-refractivity contribution in [2.75, 3.05) is 6.61 Å². The molecule has 1 fully saturated rings. The van der Waals surface area contributed by atoms with Crippen molar-refractivity contribution >= 4 is 0 Å². The molecule has 3 unspecified atom stereocenters. The van der Waals surface area contributed by atoms with Gasteiger partial charge in [0.2, 0.25) is 0 Å². The van der Waals surface area contributed by atoms with Gasteiger partial charge in [-0.05, 0) is 26.2 Å². The molecule has 1 aliphatic heterocycles. The van der Waals surface area contributed by atoms with E-state index in [1.165, 1.54) is 5.92 Å². The van der Waals surface area contributed by atoms with E-state index in [1.54, 1.807) is 0 Å². The fourth-order valence-electron chi connectivity index (χ4n) is 1.52. The zero-order valence-corrected chi connectivity index (χ0v) is 8.46. The average Bonchev–Trinajstić information content (AvgIpc) is 1.94. The standard InChI is InChI=1S/C10H19O2/c1-7(2)5-10-9(4)12-8(3)6-11-10/h8-10H,5-6H2,1-4H3. The first-order valence-electron chi connectivity index (χ1n) is 4.65. The van der Waals surface area contributed by atoms with Crippen molar-refractivity contribution in [2.45, 2.75) is 52.4 Å². The molecule has 1 radical (unpaired) electrons. The van der Waals surface area contributed by atoms with E-state index in [0.29, 0.717) is 0 Å². The molecule has 0 saturated carbocycles. The monoisotopic (exact) mass is 171 g/mol. The van der Waals surface area contributed by atoms with Gasteiger partial charge in [-0.1, -0.05) is 13.8 Å². The molecular formula is C10H19O2. The molecule has 0 amide bonds. The van der Waals surface area contributed by atoms with Gasteiger partial charge in [-0.2, -0.15) is 0 Å². The minimum atomic E-state index is 0.239. The molecule has 0 aromatic rings. The molecular weight excluding hydrogens is 152 g/mol. The van der Waals surface area contributed by atoms with Gasteiger partial charge in [0.15, 0.2) is 0 Å². The minimum Gasteiger partial charge on any atom is -0.373 e. The van der Waals surface area contributed by atoms with E-state index in [-0.39, 0.29) is 18.3 Å². The summed E-state index contributed by atoms with van der Waals surface area (Å²) < 4.78 is 11.3. The van der Waals surface area contributed by atoms with Gasteiger partial charge in [0.05, 0.1) is 24.9 Å². The SMILES string of the molecule is C[C](C)CC1OCC(C)OC1C. The van der Waals surface area contributed by atoms with Crippen LogP contribution in [0.5, 0.6) is 0 Å². The zero-order chi connectivity index (χ0) is 9.14. The van der Waals surface area contributed by atoms with Crippen LogP contribution in [0.3, 0.4) is 0 Å². The van der Waals surface area contributed by atoms with Gasteiger partial charge in [-0.25, -0.2) is 0 Å². The first-order valence-corrected chi connectivity index (χ1v) is 4.65. The van der Waals surface area contributed by atoms with E-state index in [2.05, 4.69) is 27.7 Å². The van der Waals surface area contributed by atoms with Gasteiger partial charge in [0.25, 0.3) is 0 Å². The quantitative estimate of drug-likeness (QED) is 0.634. The lowest BCUT2D eigenvalue weighted by Gasteiger charge is -2.34. The Bertz CT molecular complexity index is 134. The Hall–Kier alpha value is -0.0800. The predicted octanol–water partition coefficient (Wildman–Crippen LogP) is 2.18. The first-order chi connectivity index (χ1) is 5.59. The Balaban J connectivity index is 2.34. The highest BCUT2D eigenvalue weighted by Crippen LogP contribution is 2.20. The summed E-state index contributed by atoms with van der Waals surface area (Å²) in [4.78, 5) is 0. The normalized spacial score (nSPS) is 37.2. The van der Waals surface area contributed by atoms with Crippen molar-refractivity contribution in [3.05, 3.63) is 5.92 Å². The Kier molecular flexibility index (Phi) is 3.53. The fraction of sp³-hybridized carbons (Fsp3) is 0.900. The highest BCUT2D eigenvalue weighted by Gasteiger charge is 2.26. The molecule has 1 saturated heterocycles. The second kappa shape index (κ2) is 4.24. The van der Waals surface area contributed by atoms with E-state index in [4.69, 9.17) is 9.47 Å². The second-order valence-corrected chi connectivity index (χ2v) is 3.93. The Labute approximate surface area is 75.2 Å². The Morgan fingerprint density at radius 1 is 1.33 bits per heavy atom. The molecule has 3 atom stereocenters. The molecule has 2 nitrogen and oxygen atoms in total. The summed E-state index contributed by atoms with van der Waals surface area (Å²) in [6, 6.07) is 0. The fourth-order valence-corrected chi connectivity index (χ4v) is 1.52. The van der Waals surface area contributed by atoms with Crippen LogP contribution in [0.1, 0.15) is 34.1 Å². The van der Waals surface area contributed by atoms with Gasteiger partial charge in [0.1, 0.15) is 0 Å². The van der Waals surface area contributed by atoms with E-state index in [0.717, 1.165) is 13.0 Å². The topological polar surface area (TPSA) is 18.5 Å². The van der Waals surface area contributed by atoms with Crippen LogP contribution < -0.4 is 0 Å². The third kappa shape index (κ3) is 2.76. The van der Waals surface area contributed by atoms with Crippen LogP contribution in [0.4, 0.5) is 0 Å². The van der Waals surface area contributed by atoms with Crippen LogP contribution in [-0.2, 0) is 9.47 Å². The maximum atomic E-state index is 5.67. The van der Waals surface area contributed by atoms with Crippen molar-refractivity contribution in [1.29, 1.82) is 0 Å². The van der Waals surface area contributed by atoms with Crippen molar-refractivity contribution in [2.24, 2.45) is 0 Å². The minimum absolute atomic E-state index is 0.239. The van der Waals surface area contributed by atoms with Gasteiger partial charge in [0, 0.05) is 0 Å². The van der Waals surface area contributed by atoms with E-state index in [1.807, 2.05) is 0 Å². The number of hydrogen-bond donors (Lipinski definition) is 0. The molecule has 0 aliphatic carbocycles. The molecule has 1 rings (SSSR count). The number of ether oxygens (including phenoxy) is 2. The highest BCUT2D eigenvalue weighted by atomic mass is 16.6. The van der Waals surface area contributed by atoms with E-state index < -0.39 is 0 Å². The van der Waals surface area contributed by atoms with Gasteiger partial charge < -0.3 is 9.47 Å². The van der Waals surface area contributed by atoms with Crippen LogP contribution >= 0.6 is 0 Å². The molecule has 0 spiro atoms. The summed E-state index contributed by atoms with van der Waals surface area (Å²) in [5.74, 6) is 1.41. The van der Waals surface area contributed by atoms with Crippen LogP contribution in [0.2, 0.25) is 0 Å². The highest BCUT2D eigenvalue weighted by molar-refractivity contribution is 4.86. The van der Waals surface area contributed by atoms with Gasteiger partial charge in [-0.3, -0.25) is 0 Å². The van der Waals surface area contributed by atoms with E-state index in [9.17, 15) is 0 Å². The summed E-state index contributed by atoms with van der Waals surface area (Å²) in [6.45, 7) is 9.14. The lowest BCUT2D eigenvalue weighted by Crippen LogP contribution is -2.41. The molecule has 0 aromatic carbocycles. The van der Waals surface area contributed by atoms with Gasteiger partial charge >= 0.3 is 0 Å². The van der Waals surface area contributed by atoms with Gasteiger partial charge in [-0.15, -0.1) is 0 Å². The van der Waals surface area contributed by atoms with Crippen LogP contribution in [-0.4, -0.2) is 24.9 Å². The second-order valence-electron chi connectivity index (χ2n) is 3.93. The summed E-state index contributed by atoms with van der Waals surface area (Å²) in [6.07, 6.45) is 1.79. The molecule has 1 aliphatic rings. The maximum absolute atomic E-state index is 5.67. The maximum Gasteiger partial charge on any atom is 0.0840 e. The van der Waals surface area contributed by atoms with Crippen LogP contribution in [0.25, 0.3) is 0 Å². The smallest absolute Gasteiger partial charge is 0.0840 e. The predicted molar refractivity (Wildman–Crippen MR) is 49.0 cm³/mol. The third-order valence-corrected chi connectivity index (χ3v) is 2.12. The molecule has 71 valence electrons. The first kappa shape index (κ1) is 10.0. The molecule has 0 bridgehead atoms. The van der Waals surface area contributed by atoms with Crippen molar-refractivity contribution < 1.29 is 9.47 Å². The molecule has 1 heterocycles. The number of hydrogen-bond acceptors (Lipinski definition) is 2. The van der Waals surface area contributed by atoms with Crippen molar-refractivity contribution in [1.82, 2.24) is 0 Å².